The molecule has 0 unspecified atom stereocenters. The van der Waals surface area contributed by atoms with Gasteiger partial charge in [0.05, 0.1) is 0 Å². The summed E-state index contributed by atoms with van der Waals surface area (Å²) in [7, 11) is 0. The summed E-state index contributed by atoms with van der Waals surface area (Å²) in [6.07, 6.45) is 5.69. The molecule has 3 aromatic rings. The van der Waals surface area contributed by atoms with Crippen LogP contribution in [0.5, 0.6) is 5.75 Å². The molecule has 0 bridgehead atoms. The molecule has 1 amide bonds. The number of nitrogens with zero attached hydrogens (tertiary/aromatic N) is 2. The van der Waals surface area contributed by atoms with Crippen LogP contribution < -0.4 is 15.6 Å². The lowest BCUT2D eigenvalue weighted by Gasteiger charge is -2.29. The summed E-state index contributed by atoms with van der Waals surface area (Å²) in [6, 6.07) is 20.2. The number of ether oxygens (including phenoxy) is 1. The second-order valence-corrected chi connectivity index (χ2v) is 9.31. The average Bonchev–Trinajstić information content (AvgIpc) is 2.89. The number of hydrogen-bond acceptors (Lipinski definition) is 5. The fraction of sp³-hybridized carbons (Fsp3) is 0.370. The predicted molar refractivity (Wildman–Crippen MR) is 136 cm³/mol. The second-order valence-electron chi connectivity index (χ2n) is 8.53. The molecule has 1 N–H and O–H groups in total. The van der Waals surface area contributed by atoms with Crippen LogP contribution in [-0.4, -0.2) is 27.8 Å². The molecule has 0 atom stereocenters. The van der Waals surface area contributed by atoms with Gasteiger partial charge in [-0.15, -0.1) is 0 Å². The SMILES string of the molecule is CCn1c(SC)nc(C(=O)N[C@H]2CC[C@@H](c3ccccc3)CC2)c(OCc2ccccc2)c1=O. The topological polar surface area (TPSA) is 73.2 Å². The molecule has 1 fully saturated rings. The molecule has 0 spiro atoms. The third-order valence-corrected chi connectivity index (χ3v) is 7.04. The van der Waals surface area contributed by atoms with Crippen molar-refractivity contribution in [2.24, 2.45) is 0 Å². The van der Waals surface area contributed by atoms with Crippen LogP contribution in [-0.2, 0) is 13.2 Å². The third-order valence-electron chi connectivity index (χ3n) is 6.37. The van der Waals surface area contributed by atoms with Gasteiger partial charge in [0.2, 0.25) is 5.75 Å². The molecule has 1 aromatic heterocycles. The molecule has 0 radical (unpaired) electrons. The van der Waals surface area contributed by atoms with Crippen LogP contribution in [0.3, 0.4) is 0 Å². The number of rotatable bonds is 8. The van der Waals surface area contributed by atoms with E-state index in [4.69, 9.17) is 4.74 Å². The first kappa shape index (κ1) is 24.1. The van der Waals surface area contributed by atoms with Crippen molar-refractivity contribution in [1.29, 1.82) is 0 Å². The first-order valence-electron chi connectivity index (χ1n) is 11.8. The quantitative estimate of drug-likeness (QED) is 0.364. The van der Waals surface area contributed by atoms with E-state index in [-0.39, 0.29) is 35.6 Å². The molecular formula is C27H31N3O3S. The Bertz CT molecular complexity index is 1160. The van der Waals surface area contributed by atoms with Crippen molar-refractivity contribution in [1.82, 2.24) is 14.9 Å². The summed E-state index contributed by atoms with van der Waals surface area (Å²) in [4.78, 5) is 31.1. The lowest BCUT2D eigenvalue weighted by atomic mass is 9.82. The maximum absolute atomic E-state index is 13.3. The number of nitrogens with one attached hydrogen (secondary N) is 1. The van der Waals surface area contributed by atoms with E-state index in [0.717, 1.165) is 31.2 Å². The molecule has 6 nitrogen and oxygen atoms in total. The van der Waals surface area contributed by atoms with Gasteiger partial charge in [0.1, 0.15) is 6.61 Å². The number of hydrogen-bond donors (Lipinski definition) is 1. The predicted octanol–water partition coefficient (Wildman–Crippen LogP) is 5.02. The Morgan fingerprint density at radius 2 is 1.71 bits per heavy atom. The Balaban J connectivity index is 1.51. The number of carbonyl (C=O) groups excluding carboxylic acids is 1. The molecule has 0 saturated heterocycles. The van der Waals surface area contributed by atoms with Crippen molar-refractivity contribution in [3.05, 3.63) is 87.8 Å². The zero-order valence-electron chi connectivity index (χ0n) is 19.7. The molecule has 0 aliphatic heterocycles. The van der Waals surface area contributed by atoms with Crippen molar-refractivity contribution >= 4 is 17.7 Å². The molecule has 1 saturated carbocycles. The first-order chi connectivity index (χ1) is 16.6. The number of amides is 1. The summed E-state index contributed by atoms with van der Waals surface area (Å²) in [6.45, 7) is 2.53. The van der Waals surface area contributed by atoms with Crippen LogP contribution in [0, 0.1) is 0 Å². The summed E-state index contributed by atoms with van der Waals surface area (Å²) in [5.41, 5.74) is 2.03. The highest BCUT2D eigenvalue weighted by Gasteiger charge is 2.27. The summed E-state index contributed by atoms with van der Waals surface area (Å²) in [5, 5.41) is 3.63. The monoisotopic (exact) mass is 477 g/mol. The Hall–Kier alpha value is -3.06. The third kappa shape index (κ3) is 5.53. The number of carbonyl (C=O) groups is 1. The molecule has 7 heteroatoms. The van der Waals surface area contributed by atoms with Crippen LogP contribution in [0.15, 0.2) is 70.6 Å². The fourth-order valence-corrected chi connectivity index (χ4v) is 5.13. The van der Waals surface area contributed by atoms with E-state index in [9.17, 15) is 9.59 Å². The van der Waals surface area contributed by atoms with E-state index in [1.54, 1.807) is 4.57 Å². The van der Waals surface area contributed by atoms with Gasteiger partial charge in [-0.2, -0.15) is 0 Å². The van der Waals surface area contributed by atoms with Crippen molar-refractivity contribution in [3.63, 3.8) is 0 Å². The second kappa shape index (κ2) is 11.4. The normalized spacial score (nSPS) is 17.8. The Labute approximate surface area is 204 Å². The van der Waals surface area contributed by atoms with Crippen LogP contribution in [0.4, 0.5) is 0 Å². The number of thioether (sulfide) groups is 1. The molecule has 1 heterocycles. The van der Waals surface area contributed by atoms with Gasteiger partial charge in [-0.1, -0.05) is 72.4 Å². The Morgan fingerprint density at radius 1 is 1.06 bits per heavy atom. The highest BCUT2D eigenvalue weighted by atomic mass is 32.2. The van der Waals surface area contributed by atoms with Gasteiger partial charge in [-0.05, 0) is 55.9 Å². The van der Waals surface area contributed by atoms with Gasteiger partial charge in [0, 0.05) is 12.6 Å². The van der Waals surface area contributed by atoms with Gasteiger partial charge in [0.25, 0.3) is 11.5 Å². The van der Waals surface area contributed by atoms with E-state index in [2.05, 4.69) is 34.6 Å². The molecule has 2 aromatic carbocycles. The summed E-state index contributed by atoms with van der Waals surface area (Å²) >= 11 is 1.35. The van der Waals surface area contributed by atoms with Gasteiger partial charge in [-0.3, -0.25) is 14.2 Å². The average molecular weight is 478 g/mol. The summed E-state index contributed by atoms with van der Waals surface area (Å²) < 4.78 is 7.46. The standard InChI is InChI=1S/C27H31N3O3S/c1-3-30-26(32)24(33-18-19-10-6-4-7-11-19)23(29-27(30)34-2)25(31)28-22-16-14-21(15-17-22)20-12-8-5-9-13-20/h4-13,21-22H,3,14-18H2,1-2H3,(H,28,31)/t21-,22+. The molecule has 1 aliphatic rings. The van der Waals surface area contributed by atoms with E-state index < -0.39 is 0 Å². The van der Waals surface area contributed by atoms with Gasteiger partial charge < -0.3 is 10.1 Å². The largest absolute Gasteiger partial charge is 0.481 e. The molecule has 4 rings (SSSR count). The van der Waals surface area contributed by atoms with Crippen molar-refractivity contribution in [2.75, 3.05) is 6.26 Å². The number of aromatic nitrogens is 2. The highest BCUT2D eigenvalue weighted by Crippen LogP contribution is 2.33. The lowest BCUT2D eigenvalue weighted by molar-refractivity contribution is 0.0913. The van der Waals surface area contributed by atoms with Gasteiger partial charge >= 0.3 is 0 Å². The molecular weight excluding hydrogens is 446 g/mol. The van der Waals surface area contributed by atoms with E-state index in [0.29, 0.717) is 17.6 Å². The van der Waals surface area contributed by atoms with E-state index in [1.165, 1.54) is 17.3 Å². The fourth-order valence-electron chi connectivity index (χ4n) is 4.52. The van der Waals surface area contributed by atoms with Crippen LogP contribution in [0.2, 0.25) is 0 Å². The number of benzene rings is 2. The highest BCUT2D eigenvalue weighted by molar-refractivity contribution is 7.98. The summed E-state index contributed by atoms with van der Waals surface area (Å²) in [5.74, 6) is 0.190. The first-order valence-corrected chi connectivity index (χ1v) is 13.0. The minimum atomic E-state index is -0.345. The van der Waals surface area contributed by atoms with Crippen LogP contribution in [0.1, 0.15) is 60.1 Å². The van der Waals surface area contributed by atoms with Crippen molar-refractivity contribution in [2.45, 2.75) is 62.9 Å². The van der Waals surface area contributed by atoms with Crippen molar-refractivity contribution in [3.8, 4) is 5.75 Å². The minimum absolute atomic E-state index is 0.0129. The Morgan fingerprint density at radius 3 is 2.32 bits per heavy atom. The smallest absolute Gasteiger partial charge is 0.297 e. The van der Waals surface area contributed by atoms with Crippen molar-refractivity contribution < 1.29 is 9.53 Å². The molecule has 34 heavy (non-hydrogen) atoms. The van der Waals surface area contributed by atoms with Gasteiger partial charge in [-0.25, -0.2) is 4.98 Å². The zero-order chi connectivity index (χ0) is 23.9. The lowest BCUT2D eigenvalue weighted by Crippen LogP contribution is -2.39. The maximum Gasteiger partial charge on any atom is 0.297 e. The minimum Gasteiger partial charge on any atom is -0.481 e. The molecule has 1 aliphatic carbocycles. The molecule has 178 valence electrons. The van der Waals surface area contributed by atoms with E-state index in [1.807, 2.05) is 49.6 Å². The van der Waals surface area contributed by atoms with Gasteiger partial charge in [0.15, 0.2) is 10.9 Å². The maximum atomic E-state index is 13.3. The van der Waals surface area contributed by atoms with Crippen LogP contribution in [0.25, 0.3) is 0 Å². The zero-order valence-corrected chi connectivity index (χ0v) is 20.5. The van der Waals surface area contributed by atoms with E-state index >= 15 is 0 Å². The Kier molecular flexibility index (Phi) is 8.06. The van der Waals surface area contributed by atoms with Crippen LogP contribution >= 0.6 is 11.8 Å².